The monoisotopic (exact) mass is 315 g/mol. The molecule has 23 heavy (non-hydrogen) atoms. The Morgan fingerprint density at radius 1 is 1.43 bits per heavy atom. The molecule has 6 heteroatoms. The van der Waals surface area contributed by atoms with Crippen LogP contribution in [0.4, 0.5) is 5.69 Å². The number of rotatable bonds is 4. The Morgan fingerprint density at radius 3 is 2.91 bits per heavy atom. The topological polar surface area (TPSA) is 58.8 Å². The summed E-state index contributed by atoms with van der Waals surface area (Å²) in [4.78, 5) is 16.3. The lowest BCUT2D eigenvalue weighted by Crippen LogP contribution is -2.46. The predicted octanol–water partition coefficient (Wildman–Crippen LogP) is 2.34. The molecule has 0 bridgehead atoms. The molecule has 3 rings (SSSR count). The number of anilines is 1. The summed E-state index contributed by atoms with van der Waals surface area (Å²) in [5.41, 5.74) is 1.43. The molecule has 1 aromatic heterocycles. The molecule has 1 aliphatic rings. The summed E-state index contributed by atoms with van der Waals surface area (Å²) >= 11 is 0. The molecule has 6 nitrogen and oxygen atoms in total. The third-order valence-corrected chi connectivity index (χ3v) is 3.98. The van der Waals surface area contributed by atoms with E-state index in [0.717, 1.165) is 24.5 Å². The minimum Gasteiger partial charge on any atom is -0.485 e. The van der Waals surface area contributed by atoms with Crippen molar-refractivity contribution < 1.29 is 14.1 Å². The first-order valence-electron chi connectivity index (χ1n) is 7.78. The normalized spacial score (nSPS) is 16.7. The molecule has 1 atom stereocenters. The van der Waals surface area contributed by atoms with Crippen molar-refractivity contribution >= 4 is 11.6 Å². The molecule has 1 amide bonds. The minimum atomic E-state index is -0.160. The van der Waals surface area contributed by atoms with Gasteiger partial charge in [0, 0.05) is 19.7 Å². The zero-order chi connectivity index (χ0) is 16.4. The zero-order valence-corrected chi connectivity index (χ0v) is 13.7. The fourth-order valence-electron chi connectivity index (χ4n) is 2.82. The number of aryl methyl sites for hydroxylation is 1. The summed E-state index contributed by atoms with van der Waals surface area (Å²) in [6.45, 7) is 6.03. The van der Waals surface area contributed by atoms with Crippen LogP contribution in [0.2, 0.25) is 0 Å². The number of ether oxygens (including phenoxy) is 1. The lowest BCUT2D eigenvalue weighted by molar-refractivity contribution is 0.0699. The zero-order valence-electron chi connectivity index (χ0n) is 13.7. The van der Waals surface area contributed by atoms with Gasteiger partial charge in [0.2, 0.25) is 0 Å². The van der Waals surface area contributed by atoms with Crippen LogP contribution in [-0.4, -0.2) is 48.7 Å². The molecule has 0 aliphatic carbocycles. The third kappa shape index (κ3) is 3.16. The molecule has 0 saturated carbocycles. The quantitative estimate of drug-likeness (QED) is 0.867. The van der Waals surface area contributed by atoms with Crippen molar-refractivity contribution in [3.63, 3.8) is 0 Å². The summed E-state index contributed by atoms with van der Waals surface area (Å²) < 4.78 is 11.0. The third-order valence-electron chi connectivity index (χ3n) is 3.98. The summed E-state index contributed by atoms with van der Waals surface area (Å²) in [5, 5.41) is 3.78. The second-order valence-corrected chi connectivity index (χ2v) is 5.75. The number of carbonyl (C=O) groups is 1. The number of nitrogens with zero attached hydrogens (tertiary/aromatic N) is 3. The standard InChI is InChI=1S/C17H21N3O3/c1-4-20-11-13(22-16-8-6-5-7-15(16)20)10-19(3)17(21)14-9-12(2)23-18-14/h5-9,13H,4,10-11H2,1-3H3. The fraction of sp³-hybridized carbons (Fsp3) is 0.412. The van der Waals surface area contributed by atoms with E-state index in [1.165, 1.54) is 0 Å². The van der Waals surface area contributed by atoms with Gasteiger partial charge in [-0.1, -0.05) is 17.3 Å². The van der Waals surface area contributed by atoms with Gasteiger partial charge in [-0.05, 0) is 26.0 Å². The molecule has 122 valence electrons. The number of amides is 1. The van der Waals surface area contributed by atoms with Crippen LogP contribution < -0.4 is 9.64 Å². The van der Waals surface area contributed by atoms with Gasteiger partial charge in [-0.3, -0.25) is 4.79 Å². The maximum absolute atomic E-state index is 12.4. The molecule has 2 heterocycles. The Kier molecular flexibility index (Phi) is 4.23. The highest BCUT2D eigenvalue weighted by atomic mass is 16.5. The van der Waals surface area contributed by atoms with Crippen LogP contribution in [0.5, 0.6) is 5.75 Å². The number of carbonyl (C=O) groups excluding carboxylic acids is 1. The van der Waals surface area contributed by atoms with Crippen LogP contribution in [0.3, 0.4) is 0 Å². The highest BCUT2D eigenvalue weighted by Crippen LogP contribution is 2.32. The van der Waals surface area contributed by atoms with Gasteiger partial charge in [-0.25, -0.2) is 0 Å². The number of benzene rings is 1. The number of hydrogen-bond acceptors (Lipinski definition) is 5. The Hall–Kier alpha value is -2.50. The highest BCUT2D eigenvalue weighted by molar-refractivity contribution is 5.92. The Labute approximate surface area is 135 Å². The van der Waals surface area contributed by atoms with Gasteiger partial charge >= 0.3 is 0 Å². The average molecular weight is 315 g/mol. The van der Waals surface area contributed by atoms with E-state index in [2.05, 4.69) is 23.0 Å². The van der Waals surface area contributed by atoms with E-state index >= 15 is 0 Å². The van der Waals surface area contributed by atoms with Gasteiger partial charge in [0.05, 0.1) is 18.8 Å². The summed E-state index contributed by atoms with van der Waals surface area (Å²) in [7, 11) is 1.76. The van der Waals surface area contributed by atoms with Crippen molar-refractivity contribution in [1.82, 2.24) is 10.1 Å². The summed E-state index contributed by atoms with van der Waals surface area (Å²) in [6, 6.07) is 9.64. The highest BCUT2D eigenvalue weighted by Gasteiger charge is 2.27. The molecule has 2 aromatic rings. The first kappa shape index (κ1) is 15.4. The molecule has 0 fully saturated rings. The van der Waals surface area contributed by atoms with Gasteiger partial charge in [-0.15, -0.1) is 0 Å². The van der Waals surface area contributed by atoms with E-state index in [1.54, 1.807) is 24.9 Å². The van der Waals surface area contributed by atoms with Gasteiger partial charge < -0.3 is 19.1 Å². The maximum atomic E-state index is 12.4. The lowest BCUT2D eigenvalue weighted by Gasteiger charge is -2.37. The number of hydrogen-bond donors (Lipinski definition) is 0. The van der Waals surface area contributed by atoms with E-state index in [9.17, 15) is 4.79 Å². The SMILES string of the molecule is CCN1CC(CN(C)C(=O)c2cc(C)on2)Oc2ccccc21. The molecule has 1 aliphatic heterocycles. The number of likely N-dealkylation sites (N-methyl/N-ethyl adjacent to an activating group) is 2. The van der Waals surface area contributed by atoms with Crippen LogP contribution >= 0.6 is 0 Å². The molecule has 0 N–H and O–H groups in total. The largest absolute Gasteiger partial charge is 0.485 e. The smallest absolute Gasteiger partial charge is 0.275 e. The molecular weight excluding hydrogens is 294 g/mol. The Morgan fingerprint density at radius 2 is 2.22 bits per heavy atom. The number of aromatic nitrogens is 1. The molecule has 0 radical (unpaired) electrons. The Balaban J connectivity index is 1.70. The van der Waals surface area contributed by atoms with Crippen molar-refractivity contribution in [3.05, 3.63) is 41.8 Å². The summed E-state index contributed by atoms with van der Waals surface area (Å²) in [6.07, 6.45) is -0.0770. The lowest BCUT2D eigenvalue weighted by atomic mass is 10.1. The van der Waals surface area contributed by atoms with E-state index in [-0.39, 0.29) is 12.0 Å². The maximum Gasteiger partial charge on any atom is 0.275 e. The number of fused-ring (bicyclic) bond motifs is 1. The van der Waals surface area contributed by atoms with Crippen LogP contribution in [0.25, 0.3) is 0 Å². The minimum absolute atomic E-state index is 0.0770. The van der Waals surface area contributed by atoms with E-state index in [0.29, 0.717) is 18.0 Å². The van der Waals surface area contributed by atoms with Crippen LogP contribution in [0.15, 0.2) is 34.9 Å². The first-order valence-corrected chi connectivity index (χ1v) is 7.78. The molecular formula is C17H21N3O3. The van der Waals surface area contributed by atoms with Crippen LogP contribution in [0.1, 0.15) is 23.2 Å². The van der Waals surface area contributed by atoms with Crippen molar-refractivity contribution in [1.29, 1.82) is 0 Å². The summed E-state index contributed by atoms with van der Waals surface area (Å²) in [5.74, 6) is 1.33. The van der Waals surface area contributed by atoms with E-state index < -0.39 is 0 Å². The van der Waals surface area contributed by atoms with Gasteiger partial charge in [0.25, 0.3) is 5.91 Å². The van der Waals surface area contributed by atoms with Crippen LogP contribution in [-0.2, 0) is 0 Å². The van der Waals surface area contributed by atoms with Crippen LogP contribution in [0, 0.1) is 6.92 Å². The first-order chi connectivity index (χ1) is 11.1. The van der Waals surface area contributed by atoms with E-state index in [1.807, 2.05) is 18.2 Å². The second-order valence-electron chi connectivity index (χ2n) is 5.75. The molecule has 0 spiro atoms. The van der Waals surface area contributed by atoms with Crippen molar-refractivity contribution in [2.45, 2.75) is 20.0 Å². The second kappa shape index (κ2) is 6.32. The average Bonchev–Trinajstić information content (AvgIpc) is 2.99. The van der Waals surface area contributed by atoms with E-state index in [4.69, 9.17) is 9.26 Å². The van der Waals surface area contributed by atoms with Gasteiger partial charge in [-0.2, -0.15) is 0 Å². The Bertz CT molecular complexity index is 698. The number of para-hydroxylation sites is 2. The molecule has 1 unspecified atom stereocenters. The fourth-order valence-corrected chi connectivity index (χ4v) is 2.82. The van der Waals surface area contributed by atoms with Gasteiger partial charge in [0.15, 0.2) is 5.69 Å². The molecule has 0 saturated heterocycles. The van der Waals surface area contributed by atoms with Crippen molar-refractivity contribution in [2.75, 3.05) is 31.6 Å². The van der Waals surface area contributed by atoms with Gasteiger partial charge in [0.1, 0.15) is 17.6 Å². The van der Waals surface area contributed by atoms with Crippen molar-refractivity contribution in [2.24, 2.45) is 0 Å². The predicted molar refractivity (Wildman–Crippen MR) is 86.9 cm³/mol. The van der Waals surface area contributed by atoms with Crippen molar-refractivity contribution in [3.8, 4) is 5.75 Å². The molecule has 1 aromatic carbocycles.